The molecule has 0 saturated carbocycles. The fourth-order valence-electron chi connectivity index (χ4n) is 8.71. The number of rotatable bonds is 14. The van der Waals surface area contributed by atoms with Crippen molar-refractivity contribution in [3.8, 4) is 11.5 Å². The number of hydrogen-bond acceptors (Lipinski definition) is 16. The van der Waals surface area contributed by atoms with Gasteiger partial charge in [0.2, 0.25) is 0 Å². The number of para-hydroxylation sites is 2. The molecular formula is C44H38N4O12S4. The van der Waals surface area contributed by atoms with Crippen molar-refractivity contribution >= 4 is 90.9 Å². The van der Waals surface area contributed by atoms with Crippen LogP contribution < -0.4 is 10.6 Å². The molecule has 2 fully saturated rings. The normalized spacial score (nSPS) is 23.6. The third kappa shape index (κ3) is 7.95. The monoisotopic (exact) mass is 942 g/mol. The Labute approximate surface area is 381 Å². The summed E-state index contributed by atoms with van der Waals surface area (Å²) in [5.41, 5.74) is 0.898. The largest absolute Gasteiger partial charge is 0.508 e. The summed E-state index contributed by atoms with van der Waals surface area (Å²) in [7, 11) is 1.19. The van der Waals surface area contributed by atoms with Crippen molar-refractivity contribution in [2.45, 2.75) is 59.6 Å². The molecule has 0 radical (unpaired) electrons. The number of phenolic OH excluding ortho intramolecular Hbond substituents is 2. The number of phenols is 2. The van der Waals surface area contributed by atoms with Gasteiger partial charge < -0.3 is 20.4 Å². The number of amides is 4. The van der Waals surface area contributed by atoms with Crippen LogP contribution in [0, 0.1) is 0 Å². The number of imide groups is 2. The summed E-state index contributed by atoms with van der Waals surface area (Å²) in [5.74, 6) is -5.52. The Morgan fingerprint density at radius 3 is 1.17 bits per heavy atom. The van der Waals surface area contributed by atoms with Crippen LogP contribution in [-0.4, -0.2) is 112 Å². The van der Waals surface area contributed by atoms with Gasteiger partial charge in [0.05, 0.1) is 34.3 Å². The number of carbonyl (C=O) groups excluding carboxylic acids is 6. The maximum atomic E-state index is 14.0. The molecule has 330 valence electrons. The van der Waals surface area contributed by atoms with E-state index in [1.165, 1.54) is 36.4 Å². The van der Waals surface area contributed by atoms with Crippen LogP contribution in [0.1, 0.15) is 78.2 Å². The van der Waals surface area contributed by atoms with Gasteiger partial charge in [0.25, 0.3) is 23.6 Å². The molecule has 16 nitrogen and oxygen atoms in total. The third-order valence-corrected chi connectivity index (χ3v) is 17.0. The van der Waals surface area contributed by atoms with E-state index < -0.39 is 79.7 Å². The van der Waals surface area contributed by atoms with E-state index in [2.05, 4.69) is 10.6 Å². The number of aromatic hydroxyl groups is 2. The highest BCUT2D eigenvalue weighted by molar-refractivity contribution is 8.87. The lowest BCUT2D eigenvalue weighted by Crippen LogP contribution is -2.58. The number of carbonyl (C=O) groups is 8. The molecule has 2 saturated heterocycles. The number of carboxylic acids is 2. The lowest BCUT2D eigenvalue weighted by molar-refractivity contribution is -0.140. The summed E-state index contributed by atoms with van der Waals surface area (Å²) in [5, 5.41) is 47.4. The first kappa shape index (κ1) is 44.9. The van der Waals surface area contributed by atoms with E-state index in [4.69, 9.17) is 0 Å². The summed E-state index contributed by atoms with van der Waals surface area (Å²) >= 11 is 2.17. The fraction of sp³-hybridized carbons (Fsp3) is 0.273. The fourth-order valence-corrected chi connectivity index (χ4v) is 13.6. The van der Waals surface area contributed by atoms with Crippen molar-refractivity contribution in [3.05, 3.63) is 130 Å². The van der Waals surface area contributed by atoms with Crippen LogP contribution in [0.15, 0.2) is 97.1 Å². The van der Waals surface area contributed by atoms with Crippen molar-refractivity contribution in [1.29, 1.82) is 0 Å². The second-order valence-corrected chi connectivity index (χ2v) is 20.0. The molecule has 6 atom stereocenters. The smallest absolute Gasteiger partial charge is 0.321 e. The topological polar surface area (TPSA) is 248 Å². The number of carboxylic acid groups (broad SMARTS) is 2. The minimum Gasteiger partial charge on any atom is -0.508 e. The van der Waals surface area contributed by atoms with Gasteiger partial charge in [-0.3, -0.25) is 58.8 Å². The number of nitrogens with one attached hydrogen (secondary N) is 2. The maximum absolute atomic E-state index is 14.0. The van der Waals surface area contributed by atoms with E-state index in [0.29, 0.717) is 21.6 Å². The molecular weight excluding hydrogens is 905 g/mol. The van der Waals surface area contributed by atoms with Gasteiger partial charge in [-0.15, -0.1) is 23.5 Å². The van der Waals surface area contributed by atoms with E-state index in [9.17, 15) is 58.8 Å². The summed E-state index contributed by atoms with van der Waals surface area (Å²) in [4.78, 5) is 107. The molecule has 64 heavy (non-hydrogen) atoms. The molecule has 0 aromatic heterocycles. The average molecular weight is 943 g/mol. The number of nitrogens with zero attached hydrogens (tertiary/aromatic N) is 2. The molecule has 4 amide bonds. The molecule has 4 aliphatic heterocycles. The Morgan fingerprint density at radius 1 is 0.562 bits per heavy atom. The second-order valence-electron chi connectivity index (χ2n) is 15.3. The van der Waals surface area contributed by atoms with Crippen LogP contribution in [0.2, 0.25) is 0 Å². The molecule has 0 spiro atoms. The molecule has 8 rings (SSSR count). The van der Waals surface area contributed by atoms with Crippen molar-refractivity contribution in [3.63, 3.8) is 0 Å². The number of fused-ring (bicyclic) bond motifs is 2. The summed E-state index contributed by atoms with van der Waals surface area (Å²) in [6, 6.07) is 19.9. The van der Waals surface area contributed by atoms with Gasteiger partial charge in [0.15, 0.2) is 10.2 Å². The van der Waals surface area contributed by atoms with Crippen molar-refractivity contribution in [1.82, 2.24) is 20.4 Å². The van der Waals surface area contributed by atoms with Crippen LogP contribution in [-0.2, 0) is 28.9 Å². The lowest BCUT2D eigenvalue weighted by Gasteiger charge is -2.42. The number of hydrogen-bond donors (Lipinski definition) is 6. The first-order chi connectivity index (χ1) is 30.7. The Morgan fingerprint density at radius 2 is 0.875 bits per heavy atom. The molecule has 6 unspecified atom stereocenters. The van der Waals surface area contributed by atoms with Gasteiger partial charge in [0.1, 0.15) is 33.3 Å². The number of thioether (sulfide) groups is 2. The highest BCUT2D eigenvalue weighted by Crippen LogP contribution is 2.52. The molecule has 4 aliphatic rings. The third-order valence-electron chi connectivity index (χ3n) is 11.6. The van der Waals surface area contributed by atoms with Gasteiger partial charge >= 0.3 is 11.9 Å². The van der Waals surface area contributed by atoms with Gasteiger partial charge in [-0.05, 0) is 70.8 Å². The van der Waals surface area contributed by atoms with Crippen molar-refractivity contribution in [2.75, 3.05) is 11.5 Å². The van der Waals surface area contributed by atoms with Crippen molar-refractivity contribution < 1.29 is 58.8 Å². The molecule has 20 heteroatoms. The quantitative estimate of drug-likeness (QED) is 0.0719. The lowest BCUT2D eigenvalue weighted by atomic mass is 9.92. The van der Waals surface area contributed by atoms with E-state index >= 15 is 0 Å². The van der Waals surface area contributed by atoms with Crippen LogP contribution >= 0.6 is 45.1 Å². The minimum absolute atomic E-state index is 0.00570. The van der Waals surface area contributed by atoms with Gasteiger partial charge in [0, 0.05) is 35.5 Å². The Bertz CT molecular complexity index is 2380. The predicted octanol–water partition coefficient (Wildman–Crippen LogP) is 5.01. The standard InChI is InChI=1S/C44H38N4O12S4/c49-31-15-7-5-13-27(31)43(45-29(21-61-43)41(57)58)33(47-37(53)23-9-1-2-10-24(23)38(47)54)17-19-35(51)63-64-36(52)20-18-34(48-39(55)25-11-3-4-12-26(25)40(48)56)44(28-14-6-8-16-32(28)50)46-30(22-62-44)42(59)60/h1-16,29-30,33-34,45-46,49-50H,17-22H2,(H,57,58)(H,59,60). The first-order valence-corrected chi connectivity index (χ1v) is 24.0. The minimum atomic E-state index is -1.58. The molecule has 4 heterocycles. The highest BCUT2D eigenvalue weighted by Gasteiger charge is 2.58. The Kier molecular flexibility index (Phi) is 12.7. The second kappa shape index (κ2) is 18.1. The van der Waals surface area contributed by atoms with E-state index in [1.807, 2.05) is 0 Å². The van der Waals surface area contributed by atoms with Crippen LogP contribution in [0.4, 0.5) is 0 Å². The zero-order valence-corrected chi connectivity index (χ0v) is 36.6. The summed E-state index contributed by atoms with van der Waals surface area (Å²) in [6.07, 6.45) is -1.04. The molecule has 6 N–H and O–H groups in total. The zero-order chi connectivity index (χ0) is 45.5. The first-order valence-electron chi connectivity index (χ1n) is 19.9. The van der Waals surface area contributed by atoms with Gasteiger partial charge in [-0.1, -0.05) is 60.7 Å². The Hall–Kier alpha value is -5.64. The van der Waals surface area contributed by atoms with E-state index in [0.717, 1.165) is 33.3 Å². The molecule has 4 aromatic carbocycles. The number of benzene rings is 4. The van der Waals surface area contributed by atoms with E-state index in [-0.39, 0.29) is 82.1 Å². The summed E-state index contributed by atoms with van der Waals surface area (Å²) < 4.78 is 0. The van der Waals surface area contributed by atoms with Crippen LogP contribution in [0.5, 0.6) is 11.5 Å². The van der Waals surface area contributed by atoms with Crippen molar-refractivity contribution in [2.24, 2.45) is 0 Å². The van der Waals surface area contributed by atoms with Gasteiger partial charge in [-0.25, -0.2) is 0 Å². The van der Waals surface area contributed by atoms with Crippen LogP contribution in [0.25, 0.3) is 0 Å². The Balaban J connectivity index is 1.04. The molecule has 0 aliphatic carbocycles. The highest BCUT2D eigenvalue weighted by atomic mass is 33.1. The SMILES string of the molecule is O=C(CCC(N1C(=O)c2ccccc2C1=O)C1(c2ccccc2O)NC(C(=O)O)CS1)SSC(=O)CCC(N1C(=O)c2ccccc2C1=O)C1(c2ccccc2O)NC(C(=O)O)CS1. The average Bonchev–Trinajstić information content (AvgIpc) is 4.05. The molecule has 0 bridgehead atoms. The van der Waals surface area contributed by atoms with Crippen LogP contribution in [0.3, 0.4) is 0 Å². The predicted molar refractivity (Wildman–Crippen MR) is 239 cm³/mol. The van der Waals surface area contributed by atoms with E-state index in [1.54, 1.807) is 60.7 Å². The zero-order valence-electron chi connectivity index (χ0n) is 33.4. The maximum Gasteiger partial charge on any atom is 0.321 e. The summed E-state index contributed by atoms with van der Waals surface area (Å²) in [6.45, 7) is 0. The van der Waals surface area contributed by atoms with Gasteiger partial charge in [-0.2, -0.15) is 0 Å². The molecule has 4 aromatic rings. The number of aliphatic carboxylic acids is 2.